The number of aromatic nitrogens is 5. The Labute approximate surface area is 171 Å². The fraction of sp³-hybridized carbons (Fsp3) is 0.174. The first-order valence-electron chi connectivity index (χ1n) is 9.82. The van der Waals surface area contributed by atoms with Crippen LogP contribution < -0.4 is 5.69 Å². The zero-order chi connectivity index (χ0) is 20.8. The van der Waals surface area contributed by atoms with E-state index in [9.17, 15) is 9.18 Å². The lowest BCUT2D eigenvalue weighted by atomic mass is 10.0. The molecule has 150 valence electrons. The van der Waals surface area contributed by atoms with Crippen LogP contribution in [0.3, 0.4) is 0 Å². The predicted octanol–water partition coefficient (Wildman–Crippen LogP) is 4.12. The summed E-state index contributed by atoms with van der Waals surface area (Å²) < 4.78 is 18.0. The number of halogens is 1. The van der Waals surface area contributed by atoms with E-state index in [-0.39, 0.29) is 18.1 Å². The molecule has 5 aromatic rings. The summed E-state index contributed by atoms with van der Waals surface area (Å²) in [4.78, 5) is 12.8. The van der Waals surface area contributed by atoms with Crippen LogP contribution >= 0.6 is 0 Å². The molecule has 0 unspecified atom stereocenters. The first-order valence-corrected chi connectivity index (χ1v) is 9.82. The molecule has 0 N–H and O–H groups in total. The van der Waals surface area contributed by atoms with Crippen molar-refractivity contribution in [3.63, 3.8) is 0 Å². The van der Waals surface area contributed by atoms with Gasteiger partial charge in [0.1, 0.15) is 11.3 Å². The van der Waals surface area contributed by atoms with E-state index in [1.54, 1.807) is 29.0 Å². The molecule has 7 heteroatoms. The smallest absolute Gasteiger partial charge is 0.247 e. The largest absolute Gasteiger partial charge is 0.350 e. The summed E-state index contributed by atoms with van der Waals surface area (Å²) in [6.07, 6.45) is 3.39. The Kier molecular flexibility index (Phi) is 4.24. The van der Waals surface area contributed by atoms with E-state index in [1.807, 2.05) is 6.07 Å². The highest BCUT2D eigenvalue weighted by molar-refractivity contribution is 5.76. The van der Waals surface area contributed by atoms with Crippen molar-refractivity contribution < 1.29 is 4.39 Å². The SMILES string of the molecule is CC(C)c1ccc(-c2cc3c4nn(Cc5cccc(F)c5)c(=O)n4ccn3n2)cc1. The van der Waals surface area contributed by atoms with Crippen molar-refractivity contribution in [2.24, 2.45) is 0 Å². The van der Waals surface area contributed by atoms with Crippen LogP contribution in [-0.2, 0) is 6.54 Å². The average Bonchev–Trinajstić information content (AvgIpc) is 3.30. The third-order valence-corrected chi connectivity index (χ3v) is 5.29. The first kappa shape index (κ1) is 18.3. The number of hydrogen-bond acceptors (Lipinski definition) is 3. The van der Waals surface area contributed by atoms with Crippen LogP contribution in [0, 0.1) is 5.82 Å². The molecule has 3 heterocycles. The Morgan fingerprint density at radius 1 is 1.00 bits per heavy atom. The fourth-order valence-corrected chi connectivity index (χ4v) is 3.63. The quantitative estimate of drug-likeness (QED) is 0.455. The van der Waals surface area contributed by atoms with Crippen molar-refractivity contribution in [3.8, 4) is 11.3 Å². The minimum atomic E-state index is -0.337. The zero-order valence-corrected chi connectivity index (χ0v) is 16.7. The lowest BCUT2D eigenvalue weighted by Gasteiger charge is -2.05. The maximum Gasteiger partial charge on any atom is 0.350 e. The molecule has 0 amide bonds. The van der Waals surface area contributed by atoms with Crippen molar-refractivity contribution >= 4 is 11.2 Å². The molecule has 3 aromatic heterocycles. The number of nitrogens with zero attached hydrogens (tertiary/aromatic N) is 5. The van der Waals surface area contributed by atoms with E-state index >= 15 is 0 Å². The van der Waals surface area contributed by atoms with E-state index in [1.165, 1.54) is 26.8 Å². The summed E-state index contributed by atoms with van der Waals surface area (Å²) in [5, 5.41) is 9.14. The van der Waals surface area contributed by atoms with Crippen LogP contribution in [0.4, 0.5) is 4.39 Å². The second-order valence-corrected chi connectivity index (χ2v) is 7.70. The van der Waals surface area contributed by atoms with Crippen molar-refractivity contribution in [1.82, 2.24) is 23.8 Å². The molecular weight excluding hydrogens is 381 g/mol. The molecule has 0 radical (unpaired) electrons. The van der Waals surface area contributed by atoms with Crippen molar-refractivity contribution in [1.29, 1.82) is 0 Å². The Morgan fingerprint density at radius 2 is 1.80 bits per heavy atom. The van der Waals surface area contributed by atoms with E-state index in [2.05, 4.69) is 48.3 Å². The van der Waals surface area contributed by atoms with Gasteiger partial charge in [-0.25, -0.2) is 22.8 Å². The van der Waals surface area contributed by atoms with Crippen LogP contribution in [0.1, 0.15) is 30.9 Å². The van der Waals surface area contributed by atoms with Gasteiger partial charge in [-0.15, -0.1) is 5.10 Å². The normalized spacial score (nSPS) is 11.7. The van der Waals surface area contributed by atoms with Crippen LogP contribution in [0.2, 0.25) is 0 Å². The summed E-state index contributed by atoms with van der Waals surface area (Å²) in [6, 6.07) is 16.4. The molecule has 0 fully saturated rings. The third-order valence-electron chi connectivity index (χ3n) is 5.29. The molecule has 0 aliphatic heterocycles. The van der Waals surface area contributed by atoms with Crippen LogP contribution in [-0.4, -0.2) is 23.8 Å². The van der Waals surface area contributed by atoms with Crippen LogP contribution in [0.25, 0.3) is 22.4 Å². The Hall–Kier alpha value is -3.74. The standard InChI is InChI=1S/C23H20FN5O/c1-15(2)17-6-8-18(9-7-17)20-13-21-22-26-29(14-16-4-3-5-19(24)12-16)23(30)27(22)10-11-28(21)25-20/h3-13,15H,14H2,1-2H3. The summed E-state index contributed by atoms with van der Waals surface area (Å²) in [5.74, 6) is 0.129. The van der Waals surface area contributed by atoms with Gasteiger partial charge in [0.05, 0.1) is 12.2 Å². The zero-order valence-electron chi connectivity index (χ0n) is 16.7. The number of hydrogen-bond donors (Lipinski definition) is 0. The molecular formula is C23H20FN5O. The van der Waals surface area contributed by atoms with Crippen LogP contribution in [0.5, 0.6) is 0 Å². The maximum atomic E-state index is 13.5. The van der Waals surface area contributed by atoms with Gasteiger partial charge in [-0.1, -0.05) is 50.2 Å². The molecule has 0 aliphatic rings. The Balaban J connectivity index is 1.58. The van der Waals surface area contributed by atoms with Gasteiger partial charge in [0.2, 0.25) is 0 Å². The van der Waals surface area contributed by atoms with E-state index < -0.39 is 0 Å². The number of fused-ring (bicyclic) bond motifs is 3. The second kappa shape index (κ2) is 6.95. The minimum Gasteiger partial charge on any atom is -0.247 e. The summed E-state index contributed by atoms with van der Waals surface area (Å²) in [5.41, 5.74) is 4.73. The molecule has 0 spiro atoms. The lowest BCUT2D eigenvalue weighted by molar-refractivity contribution is 0.615. The Morgan fingerprint density at radius 3 is 2.53 bits per heavy atom. The molecule has 0 aliphatic carbocycles. The molecule has 0 saturated carbocycles. The average molecular weight is 401 g/mol. The highest BCUT2D eigenvalue weighted by Gasteiger charge is 2.14. The fourth-order valence-electron chi connectivity index (χ4n) is 3.63. The van der Waals surface area contributed by atoms with Crippen molar-refractivity contribution in [2.45, 2.75) is 26.3 Å². The summed E-state index contributed by atoms with van der Waals surface area (Å²) >= 11 is 0. The number of rotatable bonds is 4. The highest BCUT2D eigenvalue weighted by atomic mass is 19.1. The van der Waals surface area contributed by atoms with Gasteiger partial charge in [0.15, 0.2) is 5.65 Å². The van der Waals surface area contributed by atoms with Gasteiger partial charge < -0.3 is 0 Å². The molecule has 0 saturated heterocycles. The number of benzene rings is 2. The van der Waals surface area contributed by atoms with E-state index in [0.29, 0.717) is 17.1 Å². The molecule has 5 rings (SSSR count). The summed E-state index contributed by atoms with van der Waals surface area (Å²) in [7, 11) is 0. The van der Waals surface area contributed by atoms with Gasteiger partial charge in [-0.3, -0.25) is 0 Å². The molecule has 6 nitrogen and oxygen atoms in total. The second-order valence-electron chi connectivity index (χ2n) is 7.70. The van der Waals surface area contributed by atoms with Crippen molar-refractivity contribution in [2.75, 3.05) is 0 Å². The summed E-state index contributed by atoms with van der Waals surface area (Å²) in [6.45, 7) is 4.52. The van der Waals surface area contributed by atoms with Crippen molar-refractivity contribution in [3.05, 3.63) is 94.4 Å². The molecule has 2 aromatic carbocycles. The van der Waals surface area contributed by atoms with Gasteiger partial charge in [0, 0.05) is 18.0 Å². The van der Waals surface area contributed by atoms with E-state index in [0.717, 1.165) is 16.8 Å². The van der Waals surface area contributed by atoms with Gasteiger partial charge in [-0.05, 0) is 35.2 Å². The first-order chi connectivity index (χ1) is 14.5. The van der Waals surface area contributed by atoms with Crippen LogP contribution in [0.15, 0.2) is 71.8 Å². The Bertz CT molecular complexity index is 1430. The minimum absolute atomic E-state index is 0.197. The monoisotopic (exact) mass is 401 g/mol. The molecule has 0 atom stereocenters. The van der Waals surface area contributed by atoms with Gasteiger partial charge >= 0.3 is 5.69 Å². The lowest BCUT2D eigenvalue weighted by Crippen LogP contribution is -2.21. The molecule has 30 heavy (non-hydrogen) atoms. The van der Waals surface area contributed by atoms with E-state index in [4.69, 9.17) is 0 Å². The predicted molar refractivity (Wildman–Crippen MR) is 113 cm³/mol. The third kappa shape index (κ3) is 3.08. The van der Waals surface area contributed by atoms with Gasteiger partial charge in [0.25, 0.3) is 0 Å². The molecule has 0 bridgehead atoms. The maximum absolute atomic E-state index is 13.5. The van der Waals surface area contributed by atoms with Gasteiger partial charge in [-0.2, -0.15) is 5.10 Å². The topological polar surface area (TPSA) is 56.6 Å². The highest BCUT2D eigenvalue weighted by Crippen LogP contribution is 2.24.